The van der Waals surface area contributed by atoms with Crippen molar-refractivity contribution in [1.82, 2.24) is 0 Å². The molecular weight excluding hydrogens is 344 g/mol. The molecule has 1 amide bonds. The number of aryl methyl sites for hydroxylation is 1. The van der Waals surface area contributed by atoms with Crippen molar-refractivity contribution in [2.24, 2.45) is 0 Å². The van der Waals surface area contributed by atoms with Crippen molar-refractivity contribution < 1.29 is 18.3 Å². The first-order valence-corrected chi connectivity index (χ1v) is 6.88. The van der Waals surface area contributed by atoms with Crippen LogP contribution in [0.3, 0.4) is 0 Å². The summed E-state index contributed by atoms with van der Waals surface area (Å²) in [4.78, 5) is 12.1. The fraction of sp³-hybridized carbons (Fsp3) is 0.133. The average Bonchev–Trinajstić information content (AvgIpc) is 2.44. The highest BCUT2D eigenvalue weighted by Gasteiger charge is 2.10. The van der Waals surface area contributed by atoms with E-state index < -0.39 is 6.61 Å². The first-order valence-electron chi connectivity index (χ1n) is 6.08. The summed E-state index contributed by atoms with van der Waals surface area (Å²) in [5.41, 5.74) is 1.99. The van der Waals surface area contributed by atoms with Gasteiger partial charge < -0.3 is 10.1 Å². The van der Waals surface area contributed by atoms with E-state index in [0.717, 1.165) is 10.0 Å². The number of carbonyl (C=O) groups is 1. The topological polar surface area (TPSA) is 38.3 Å². The molecule has 0 bridgehead atoms. The van der Waals surface area contributed by atoms with Crippen LogP contribution in [0, 0.1) is 6.92 Å². The summed E-state index contributed by atoms with van der Waals surface area (Å²) >= 11 is 3.40. The molecule has 0 saturated heterocycles. The number of nitrogens with one attached hydrogen (secondary N) is 1. The molecule has 1 N–H and O–H groups in total. The molecule has 0 radical (unpaired) electrons. The minimum atomic E-state index is -2.88. The molecule has 0 saturated carbocycles. The fourth-order valence-electron chi connectivity index (χ4n) is 1.73. The minimum Gasteiger partial charge on any atom is -0.435 e. The molecule has 2 aromatic rings. The van der Waals surface area contributed by atoms with Gasteiger partial charge in [-0.05, 0) is 58.7 Å². The Hall–Kier alpha value is -1.95. The number of benzene rings is 2. The lowest BCUT2D eigenvalue weighted by Gasteiger charge is -2.10. The van der Waals surface area contributed by atoms with Gasteiger partial charge in [-0.15, -0.1) is 0 Å². The van der Waals surface area contributed by atoms with E-state index in [1.165, 1.54) is 24.3 Å². The molecule has 110 valence electrons. The molecule has 0 aromatic heterocycles. The third-order valence-electron chi connectivity index (χ3n) is 2.78. The van der Waals surface area contributed by atoms with Gasteiger partial charge in [-0.1, -0.05) is 12.1 Å². The van der Waals surface area contributed by atoms with Gasteiger partial charge in [-0.2, -0.15) is 8.78 Å². The van der Waals surface area contributed by atoms with Crippen LogP contribution in [0.5, 0.6) is 5.75 Å². The standard InChI is InChI=1S/C15H12BrF2NO2/c1-9-3-2-4-12(13(9)16)19-14(20)10-5-7-11(8-6-10)21-15(17)18/h2-8,15H,1H3,(H,19,20). The van der Waals surface area contributed by atoms with Gasteiger partial charge in [-0.3, -0.25) is 4.79 Å². The summed E-state index contributed by atoms with van der Waals surface area (Å²) < 4.78 is 29.1. The molecule has 0 unspecified atom stereocenters. The second-order valence-corrected chi connectivity index (χ2v) is 5.09. The van der Waals surface area contributed by atoms with Crippen molar-refractivity contribution in [2.75, 3.05) is 5.32 Å². The van der Waals surface area contributed by atoms with Gasteiger partial charge in [0.1, 0.15) is 5.75 Å². The Labute approximate surface area is 129 Å². The second kappa shape index (κ2) is 6.67. The van der Waals surface area contributed by atoms with Crippen LogP contribution in [0.1, 0.15) is 15.9 Å². The van der Waals surface area contributed by atoms with Crippen LogP contribution in [0.15, 0.2) is 46.9 Å². The molecule has 0 atom stereocenters. The molecule has 0 aliphatic rings. The predicted molar refractivity (Wildman–Crippen MR) is 79.9 cm³/mol. The fourth-order valence-corrected chi connectivity index (χ4v) is 2.09. The minimum absolute atomic E-state index is 0.0123. The SMILES string of the molecule is Cc1cccc(NC(=O)c2ccc(OC(F)F)cc2)c1Br. The van der Waals surface area contributed by atoms with E-state index in [1.54, 1.807) is 6.07 Å². The number of anilines is 1. The molecule has 2 aromatic carbocycles. The third kappa shape index (κ3) is 4.01. The number of hydrogen-bond donors (Lipinski definition) is 1. The van der Waals surface area contributed by atoms with Gasteiger partial charge in [0.05, 0.1) is 5.69 Å². The quantitative estimate of drug-likeness (QED) is 0.869. The lowest BCUT2D eigenvalue weighted by molar-refractivity contribution is -0.0498. The van der Waals surface area contributed by atoms with Crippen LogP contribution in [-0.4, -0.2) is 12.5 Å². The number of alkyl halides is 2. The lowest BCUT2D eigenvalue weighted by atomic mass is 10.2. The third-order valence-corrected chi connectivity index (χ3v) is 3.83. The zero-order chi connectivity index (χ0) is 15.4. The summed E-state index contributed by atoms with van der Waals surface area (Å²) in [6, 6.07) is 11.0. The van der Waals surface area contributed by atoms with Crippen molar-refractivity contribution in [3.63, 3.8) is 0 Å². The van der Waals surface area contributed by atoms with Crippen LogP contribution in [-0.2, 0) is 0 Å². The van der Waals surface area contributed by atoms with Gasteiger partial charge in [0.25, 0.3) is 5.91 Å². The van der Waals surface area contributed by atoms with Crippen molar-refractivity contribution in [2.45, 2.75) is 13.5 Å². The maximum atomic E-state index is 12.1. The smallest absolute Gasteiger partial charge is 0.387 e. The maximum absolute atomic E-state index is 12.1. The van der Waals surface area contributed by atoms with Crippen LogP contribution in [0.25, 0.3) is 0 Å². The van der Waals surface area contributed by atoms with E-state index in [-0.39, 0.29) is 11.7 Å². The van der Waals surface area contributed by atoms with Gasteiger partial charge in [0, 0.05) is 10.0 Å². The Morgan fingerprint density at radius 2 is 1.86 bits per heavy atom. The summed E-state index contributed by atoms with van der Waals surface area (Å²) in [7, 11) is 0. The van der Waals surface area contributed by atoms with E-state index in [2.05, 4.69) is 26.0 Å². The number of halogens is 3. The van der Waals surface area contributed by atoms with Gasteiger partial charge >= 0.3 is 6.61 Å². The lowest BCUT2D eigenvalue weighted by Crippen LogP contribution is -2.12. The number of carbonyl (C=O) groups excluding carboxylic acids is 1. The normalized spacial score (nSPS) is 10.5. The van der Waals surface area contributed by atoms with E-state index >= 15 is 0 Å². The van der Waals surface area contributed by atoms with E-state index in [9.17, 15) is 13.6 Å². The van der Waals surface area contributed by atoms with Gasteiger partial charge in [0.15, 0.2) is 0 Å². The maximum Gasteiger partial charge on any atom is 0.387 e. The van der Waals surface area contributed by atoms with Gasteiger partial charge in [0.2, 0.25) is 0 Å². The van der Waals surface area contributed by atoms with E-state index in [0.29, 0.717) is 11.3 Å². The zero-order valence-corrected chi connectivity index (χ0v) is 12.7. The summed E-state index contributed by atoms with van der Waals surface area (Å²) in [6.07, 6.45) is 0. The average molecular weight is 356 g/mol. The Kier molecular flexibility index (Phi) is 4.90. The highest BCUT2D eigenvalue weighted by atomic mass is 79.9. The Morgan fingerprint density at radius 1 is 1.19 bits per heavy atom. The molecule has 0 fully saturated rings. The monoisotopic (exact) mass is 355 g/mol. The Morgan fingerprint density at radius 3 is 2.48 bits per heavy atom. The molecule has 0 aliphatic carbocycles. The van der Waals surface area contributed by atoms with Gasteiger partial charge in [-0.25, -0.2) is 0 Å². The van der Waals surface area contributed by atoms with Crippen LogP contribution >= 0.6 is 15.9 Å². The summed E-state index contributed by atoms with van der Waals surface area (Å²) in [6.45, 7) is -0.969. The number of rotatable bonds is 4. The number of hydrogen-bond acceptors (Lipinski definition) is 2. The van der Waals surface area contributed by atoms with Crippen molar-refractivity contribution in [3.05, 3.63) is 58.1 Å². The van der Waals surface area contributed by atoms with Crippen LogP contribution in [0.4, 0.5) is 14.5 Å². The molecule has 6 heteroatoms. The highest BCUT2D eigenvalue weighted by molar-refractivity contribution is 9.10. The molecule has 0 heterocycles. The van der Waals surface area contributed by atoms with Crippen LogP contribution < -0.4 is 10.1 Å². The predicted octanol–water partition coefficient (Wildman–Crippen LogP) is 4.61. The largest absolute Gasteiger partial charge is 0.435 e. The molecule has 21 heavy (non-hydrogen) atoms. The molecule has 2 rings (SSSR count). The second-order valence-electron chi connectivity index (χ2n) is 4.29. The van der Waals surface area contributed by atoms with E-state index in [1.807, 2.05) is 19.1 Å². The van der Waals surface area contributed by atoms with E-state index in [4.69, 9.17) is 0 Å². The first kappa shape index (κ1) is 15.4. The zero-order valence-electron chi connectivity index (χ0n) is 11.1. The highest BCUT2D eigenvalue weighted by Crippen LogP contribution is 2.26. The Bertz CT molecular complexity index is 645. The molecule has 3 nitrogen and oxygen atoms in total. The number of amides is 1. The Balaban J connectivity index is 2.11. The molecule has 0 spiro atoms. The van der Waals surface area contributed by atoms with Crippen molar-refractivity contribution >= 4 is 27.5 Å². The molecular formula is C15H12BrF2NO2. The van der Waals surface area contributed by atoms with Crippen LogP contribution in [0.2, 0.25) is 0 Å². The first-order chi connectivity index (χ1) is 9.97. The summed E-state index contributed by atoms with van der Waals surface area (Å²) in [5, 5.41) is 2.75. The number of ether oxygens (including phenoxy) is 1. The molecule has 0 aliphatic heterocycles. The van der Waals surface area contributed by atoms with Crippen molar-refractivity contribution in [1.29, 1.82) is 0 Å². The summed E-state index contributed by atoms with van der Waals surface area (Å²) in [5.74, 6) is -0.316. The van der Waals surface area contributed by atoms with Crippen molar-refractivity contribution in [3.8, 4) is 5.75 Å².